The van der Waals surface area contributed by atoms with Gasteiger partial charge in [-0.1, -0.05) is 18.2 Å². The predicted molar refractivity (Wildman–Crippen MR) is 53.7 cm³/mol. The van der Waals surface area contributed by atoms with Gasteiger partial charge in [0, 0.05) is 12.1 Å². The third kappa shape index (κ3) is 0.806. The molecule has 2 bridgehead atoms. The molecule has 0 saturated carbocycles. The monoisotopic (exact) mass is 173 g/mol. The molecule has 0 aliphatic carbocycles. The van der Waals surface area contributed by atoms with Crippen molar-refractivity contribution in [2.45, 2.75) is 31.8 Å². The van der Waals surface area contributed by atoms with E-state index in [1.807, 2.05) is 0 Å². The zero-order chi connectivity index (χ0) is 9.00. The second-order valence-electron chi connectivity index (χ2n) is 4.35. The summed E-state index contributed by atoms with van der Waals surface area (Å²) < 4.78 is 0. The number of hydrogen-bond acceptors (Lipinski definition) is 1. The molecule has 3 rings (SSSR count). The Bertz CT molecular complexity index is 356. The van der Waals surface area contributed by atoms with Crippen molar-refractivity contribution in [2.24, 2.45) is 0 Å². The highest BCUT2D eigenvalue weighted by Gasteiger charge is 2.41. The van der Waals surface area contributed by atoms with Gasteiger partial charge in [-0.2, -0.15) is 0 Å². The van der Waals surface area contributed by atoms with Gasteiger partial charge in [-0.05, 0) is 43.5 Å². The summed E-state index contributed by atoms with van der Waals surface area (Å²) in [5.41, 5.74) is 4.71. The summed E-state index contributed by atoms with van der Waals surface area (Å²) in [7, 11) is 2.27. The maximum Gasteiger partial charge on any atom is 0.0357 e. The van der Waals surface area contributed by atoms with Crippen molar-refractivity contribution >= 4 is 0 Å². The van der Waals surface area contributed by atoms with Crippen molar-refractivity contribution in [1.82, 2.24) is 4.90 Å². The maximum atomic E-state index is 2.54. The lowest BCUT2D eigenvalue weighted by molar-refractivity contribution is 0.280. The van der Waals surface area contributed by atoms with Crippen LogP contribution >= 0.6 is 0 Å². The van der Waals surface area contributed by atoms with Crippen LogP contribution in [0.2, 0.25) is 0 Å². The van der Waals surface area contributed by atoms with Crippen LogP contribution in [0, 0.1) is 6.92 Å². The van der Waals surface area contributed by atoms with E-state index in [9.17, 15) is 0 Å². The Kier molecular flexibility index (Phi) is 1.37. The van der Waals surface area contributed by atoms with Gasteiger partial charge in [-0.3, -0.25) is 4.90 Å². The summed E-state index contributed by atoms with van der Waals surface area (Å²) in [6.07, 6.45) is 2.72. The third-order valence-corrected chi connectivity index (χ3v) is 3.75. The Labute approximate surface area is 79.4 Å². The maximum absolute atomic E-state index is 2.54. The largest absolute Gasteiger partial charge is 0.292 e. The molecule has 0 aromatic heterocycles. The van der Waals surface area contributed by atoms with Crippen LogP contribution in [0.5, 0.6) is 0 Å². The van der Waals surface area contributed by atoms with Crippen LogP contribution in [-0.4, -0.2) is 11.9 Å². The van der Waals surface area contributed by atoms with Gasteiger partial charge in [-0.25, -0.2) is 0 Å². The minimum atomic E-state index is 0.722. The van der Waals surface area contributed by atoms with E-state index < -0.39 is 0 Å². The molecular formula is C12H15N. The first-order chi connectivity index (χ1) is 6.29. The van der Waals surface area contributed by atoms with Crippen molar-refractivity contribution in [3.8, 4) is 0 Å². The molecule has 2 heterocycles. The van der Waals surface area contributed by atoms with Crippen LogP contribution in [0.4, 0.5) is 0 Å². The summed E-state index contributed by atoms with van der Waals surface area (Å²) in [5, 5.41) is 0. The van der Waals surface area contributed by atoms with Gasteiger partial charge in [0.25, 0.3) is 0 Å². The van der Waals surface area contributed by atoms with Crippen LogP contribution < -0.4 is 0 Å². The fraction of sp³-hybridized carbons (Fsp3) is 0.500. The highest BCUT2D eigenvalue weighted by Crippen LogP contribution is 2.52. The predicted octanol–water partition coefficient (Wildman–Crippen LogP) is 2.82. The van der Waals surface area contributed by atoms with Crippen LogP contribution in [-0.2, 0) is 0 Å². The third-order valence-electron chi connectivity index (χ3n) is 3.75. The molecule has 2 aliphatic rings. The second kappa shape index (κ2) is 2.36. The van der Waals surface area contributed by atoms with Gasteiger partial charge < -0.3 is 0 Å². The molecule has 0 unspecified atom stereocenters. The van der Waals surface area contributed by atoms with Crippen LogP contribution in [0.15, 0.2) is 18.2 Å². The number of fused-ring (bicyclic) bond motifs is 5. The topological polar surface area (TPSA) is 3.24 Å². The summed E-state index contributed by atoms with van der Waals surface area (Å²) in [4.78, 5) is 2.54. The van der Waals surface area contributed by atoms with Gasteiger partial charge in [0.2, 0.25) is 0 Å². The lowest BCUT2D eigenvalue weighted by Crippen LogP contribution is -2.12. The molecule has 1 saturated heterocycles. The molecule has 68 valence electrons. The van der Waals surface area contributed by atoms with Crippen LogP contribution in [0.1, 0.15) is 41.6 Å². The van der Waals surface area contributed by atoms with E-state index in [-0.39, 0.29) is 0 Å². The van der Waals surface area contributed by atoms with E-state index in [0.29, 0.717) is 0 Å². The molecular weight excluding hydrogens is 158 g/mol. The molecule has 0 N–H and O–H groups in total. The molecule has 1 heteroatoms. The van der Waals surface area contributed by atoms with Crippen LogP contribution in [0.3, 0.4) is 0 Å². The van der Waals surface area contributed by atoms with Crippen molar-refractivity contribution < 1.29 is 0 Å². The van der Waals surface area contributed by atoms with Gasteiger partial charge >= 0.3 is 0 Å². The summed E-state index contributed by atoms with van der Waals surface area (Å²) in [5.74, 6) is 0. The molecule has 1 aromatic carbocycles. The van der Waals surface area contributed by atoms with Crippen LogP contribution in [0.25, 0.3) is 0 Å². The fourth-order valence-corrected chi connectivity index (χ4v) is 3.11. The Morgan fingerprint density at radius 3 is 2.77 bits per heavy atom. The quantitative estimate of drug-likeness (QED) is 0.583. The highest BCUT2D eigenvalue weighted by molar-refractivity contribution is 5.44. The molecule has 0 amide bonds. The molecule has 1 nitrogen and oxygen atoms in total. The fourth-order valence-electron chi connectivity index (χ4n) is 3.11. The molecule has 2 atom stereocenters. The normalized spacial score (nSPS) is 30.9. The van der Waals surface area contributed by atoms with E-state index in [0.717, 1.165) is 12.1 Å². The molecule has 1 aromatic rings. The average molecular weight is 173 g/mol. The lowest BCUT2D eigenvalue weighted by atomic mass is 9.89. The number of benzene rings is 1. The Morgan fingerprint density at radius 1 is 1.23 bits per heavy atom. The Hall–Kier alpha value is -0.820. The first-order valence-corrected chi connectivity index (χ1v) is 5.10. The van der Waals surface area contributed by atoms with Crippen molar-refractivity contribution in [1.29, 1.82) is 0 Å². The summed E-state index contributed by atoms with van der Waals surface area (Å²) in [6.45, 7) is 2.24. The van der Waals surface area contributed by atoms with Gasteiger partial charge in [0.1, 0.15) is 0 Å². The number of hydrogen-bond donors (Lipinski definition) is 0. The highest BCUT2D eigenvalue weighted by atomic mass is 15.2. The van der Waals surface area contributed by atoms with Crippen molar-refractivity contribution in [3.63, 3.8) is 0 Å². The number of nitrogens with zero attached hydrogens (tertiary/aromatic N) is 1. The Morgan fingerprint density at radius 2 is 2.00 bits per heavy atom. The Balaban J connectivity index is 2.24. The van der Waals surface area contributed by atoms with E-state index in [1.165, 1.54) is 18.4 Å². The van der Waals surface area contributed by atoms with Gasteiger partial charge in [0.05, 0.1) is 0 Å². The average Bonchev–Trinajstić information content (AvgIpc) is 2.61. The van der Waals surface area contributed by atoms with Gasteiger partial charge in [0.15, 0.2) is 0 Å². The first kappa shape index (κ1) is 7.57. The van der Waals surface area contributed by atoms with E-state index in [4.69, 9.17) is 0 Å². The van der Waals surface area contributed by atoms with Gasteiger partial charge in [-0.15, -0.1) is 0 Å². The minimum Gasteiger partial charge on any atom is -0.292 e. The molecule has 1 fully saturated rings. The first-order valence-electron chi connectivity index (χ1n) is 5.10. The summed E-state index contributed by atoms with van der Waals surface area (Å²) >= 11 is 0. The number of aryl methyl sites for hydroxylation is 1. The standard InChI is InChI=1S/C12H15N/c1-8-4-3-5-9-10-6-7-11(12(8)9)13(10)2/h3-5,10-11H,6-7H2,1-2H3/t10-,11+/m0/s1. The van der Waals surface area contributed by atoms with E-state index >= 15 is 0 Å². The number of rotatable bonds is 0. The smallest absolute Gasteiger partial charge is 0.0357 e. The van der Waals surface area contributed by atoms with Crippen molar-refractivity contribution in [3.05, 3.63) is 34.9 Å². The zero-order valence-electron chi connectivity index (χ0n) is 8.25. The molecule has 0 spiro atoms. The SMILES string of the molecule is Cc1cccc2c1[C@H]1CC[C@@H]2N1C. The molecule has 13 heavy (non-hydrogen) atoms. The second-order valence-corrected chi connectivity index (χ2v) is 4.35. The van der Waals surface area contributed by atoms with E-state index in [2.05, 4.69) is 37.1 Å². The zero-order valence-corrected chi connectivity index (χ0v) is 8.25. The van der Waals surface area contributed by atoms with E-state index in [1.54, 1.807) is 11.1 Å². The lowest BCUT2D eigenvalue weighted by Gasteiger charge is -2.15. The minimum absolute atomic E-state index is 0.722. The van der Waals surface area contributed by atoms with Crippen molar-refractivity contribution in [2.75, 3.05) is 7.05 Å². The molecule has 2 aliphatic heterocycles. The summed E-state index contributed by atoms with van der Waals surface area (Å²) in [6, 6.07) is 8.19. The molecule has 0 radical (unpaired) electrons.